The van der Waals surface area contributed by atoms with Crippen LogP contribution in [0.25, 0.3) is 10.4 Å². The molecule has 242 valence electrons. The average molecular weight is 643 g/mol. The largest absolute Gasteiger partial charge is 0.393 e. The summed E-state index contributed by atoms with van der Waals surface area (Å²) < 4.78 is 28.3. The third-order valence-corrected chi connectivity index (χ3v) is 15.8. The third-order valence-electron chi connectivity index (χ3n) is 12.9. The summed E-state index contributed by atoms with van der Waals surface area (Å²) in [5.74, 6) is 2.38. The van der Waals surface area contributed by atoms with E-state index in [4.69, 9.17) is 0 Å². The van der Waals surface area contributed by atoms with Crippen LogP contribution in [0.2, 0.25) is 0 Å². The minimum atomic E-state index is -3.98. The molecule has 2 aromatic rings. The Bertz CT molecular complexity index is 1450. The second kappa shape index (κ2) is 12.0. The van der Waals surface area contributed by atoms with E-state index >= 15 is 0 Å². The Labute approximate surface area is 267 Å². The van der Waals surface area contributed by atoms with Gasteiger partial charge in [-0.05, 0) is 115 Å². The van der Waals surface area contributed by atoms with Crippen LogP contribution in [0.15, 0.2) is 46.7 Å². The molecule has 9 heteroatoms. The van der Waals surface area contributed by atoms with Crippen LogP contribution in [0.3, 0.4) is 0 Å². The second-order valence-electron chi connectivity index (χ2n) is 14.9. The normalized spacial score (nSPS) is 39.0. The molecule has 7 nitrogen and oxygen atoms in total. The highest BCUT2D eigenvalue weighted by atomic mass is 32.2. The predicted octanol–water partition coefficient (Wildman–Crippen LogP) is 6.67. The number of fused-ring (bicyclic) bond motifs is 5. The zero-order valence-corrected chi connectivity index (χ0v) is 28.2. The summed E-state index contributed by atoms with van der Waals surface area (Å²) in [6, 6.07) is 12.2. The van der Waals surface area contributed by atoms with Gasteiger partial charge in [-0.25, -0.2) is 17.9 Å². The minimum absolute atomic E-state index is 0.0757. The molecule has 1 aromatic carbocycles. The summed E-state index contributed by atoms with van der Waals surface area (Å²) in [6.07, 6.45) is 7.48. The number of thiophene rings is 1. The number of amides is 2. The van der Waals surface area contributed by atoms with Gasteiger partial charge in [-0.3, -0.25) is 0 Å². The Balaban J connectivity index is 1.10. The Morgan fingerprint density at radius 2 is 1.68 bits per heavy atom. The van der Waals surface area contributed by atoms with Gasteiger partial charge in [0, 0.05) is 11.4 Å². The van der Waals surface area contributed by atoms with E-state index in [0.29, 0.717) is 30.2 Å². The number of benzene rings is 1. The molecular weight excluding hydrogens is 593 g/mol. The van der Waals surface area contributed by atoms with Crippen molar-refractivity contribution in [1.82, 2.24) is 10.0 Å². The van der Waals surface area contributed by atoms with Gasteiger partial charge in [0.15, 0.2) is 0 Å². The van der Waals surface area contributed by atoms with Crippen molar-refractivity contribution in [2.75, 3.05) is 6.54 Å². The fraction of sp³-hybridized carbons (Fsp3) is 0.686. The first-order valence-electron chi connectivity index (χ1n) is 16.7. The van der Waals surface area contributed by atoms with Crippen LogP contribution in [0, 0.1) is 52.3 Å². The van der Waals surface area contributed by atoms with Crippen molar-refractivity contribution >= 4 is 27.4 Å². The zero-order valence-electron chi connectivity index (χ0n) is 26.5. The molecule has 2 amide bonds. The molecule has 1 heterocycles. The fourth-order valence-electron chi connectivity index (χ4n) is 10.8. The van der Waals surface area contributed by atoms with Crippen LogP contribution < -0.4 is 10.0 Å². The zero-order chi connectivity index (χ0) is 31.4. The number of aliphatic hydroxyl groups excluding tert-OH is 2. The number of carbonyl (C=O) groups is 1. The first-order chi connectivity index (χ1) is 20.9. The monoisotopic (exact) mass is 642 g/mol. The van der Waals surface area contributed by atoms with Gasteiger partial charge in [-0.1, -0.05) is 64.4 Å². The van der Waals surface area contributed by atoms with E-state index in [2.05, 4.69) is 37.7 Å². The lowest BCUT2D eigenvalue weighted by Crippen LogP contribution is -2.62. The van der Waals surface area contributed by atoms with E-state index in [-0.39, 0.29) is 45.0 Å². The van der Waals surface area contributed by atoms with Crippen LogP contribution >= 0.6 is 11.3 Å². The molecule has 4 aliphatic rings. The van der Waals surface area contributed by atoms with Gasteiger partial charge >= 0.3 is 6.03 Å². The van der Waals surface area contributed by atoms with Crippen LogP contribution in [0.1, 0.15) is 79.1 Å². The predicted molar refractivity (Wildman–Crippen MR) is 174 cm³/mol. The smallest absolute Gasteiger partial charge is 0.328 e. The number of nitrogens with one attached hydrogen (secondary N) is 2. The van der Waals surface area contributed by atoms with Crippen molar-refractivity contribution in [3.63, 3.8) is 0 Å². The summed E-state index contributed by atoms with van der Waals surface area (Å²) in [4.78, 5) is 13.7. The molecule has 0 saturated heterocycles. The van der Waals surface area contributed by atoms with E-state index in [9.17, 15) is 23.4 Å². The Morgan fingerprint density at radius 1 is 0.977 bits per heavy atom. The van der Waals surface area contributed by atoms with Gasteiger partial charge in [0.1, 0.15) is 4.21 Å². The van der Waals surface area contributed by atoms with Crippen LogP contribution in [-0.2, 0) is 10.0 Å². The fourth-order valence-corrected chi connectivity index (χ4v) is 13.0. The number of hydrogen-bond acceptors (Lipinski definition) is 6. The highest BCUT2D eigenvalue weighted by Gasteiger charge is 2.64. The lowest BCUT2D eigenvalue weighted by atomic mass is 9.41. The Hall–Kier alpha value is -1.94. The SMILES string of the molecule is CC[C@@H]1C2C[C@H](O)CCC2(C)[C@H]2CC[C@]3(C)[C@@H]([C@H](C)CNC(=O)NS(=O)(=O)c4ccc(-c5ccccc5)s4)CC[C@H]3C2[C@@H]1O. The van der Waals surface area contributed by atoms with E-state index in [0.717, 1.165) is 73.1 Å². The van der Waals surface area contributed by atoms with Gasteiger partial charge in [0.25, 0.3) is 10.0 Å². The highest BCUT2D eigenvalue weighted by molar-refractivity contribution is 7.92. The molecule has 0 spiro atoms. The van der Waals surface area contributed by atoms with E-state index in [1.165, 1.54) is 0 Å². The first kappa shape index (κ1) is 32.0. The summed E-state index contributed by atoms with van der Waals surface area (Å²) in [6.45, 7) is 9.66. The molecule has 4 saturated carbocycles. The number of hydrogen-bond donors (Lipinski definition) is 4. The summed E-state index contributed by atoms with van der Waals surface area (Å²) in [7, 11) is -3.98. The number of rotatable bonds is 7. The molecule has 3 unspecified atom stereocenters. The number of carbonyl (C=O) groups excluding carboxylic acids is 1. The molecule has 1 aromatic heterocycles. The van der Waals surface area contributed by atoms with Crippen molar-refractivity contribution in [3.8, 4) is 10.4 Å². The van der Waals surface area contributed by atoms with Crippen molar-refractivity contribution < 1.29 is 23.4 Å². The molecule has 4 N–H and O–H groups in total. The quantitative estimate of drug-likeness (QED) is 0.270. The molecule has 44 heavy (non-hydrogen) atoms. The van der Waals surface area contributed by atoms with Crippen molar-refractivity contribution in [2.24, 2.45) is 52.3 Å². The maximum absolute atomic E-state index is 13.0. The lowest BCUT2D eigenvalue weighted by molar-refractivity contribution is -0.203. The summed E-state index contributed by atoms with van der Waals surface area (Å²) >= 11 is 1.15. The van der Waals surface area contributed by atoms with Crippen molar-refractivity contribution in [2.45, 2.75) is 95.5 Å². The van der Waals surface area contributed by atoms with Crippen LogP contribution in [0.4, 0.5) is 4.79 Å². The van der Waals surface area contributed by atoms with E-state index in [1.807, 2.05) is 30.3 Å². The number of urea groups is 1. The third kappa shape index (κ3) is 5.43. The molecule has 4 aliphatic carbocycles. The molecule has 4 fully saturated rings. The molecule has 0 bridgehead atoms. The van der Waals surface area contributed by atoms with Crippen molar-refractivity contribution in [3.05, 3.63) is 42.5 Å². The lowest BCUT2D eigenvalue weighted by Gasteiger charge is -2.64. The molecule has 0 aliphatic heterocycles. The van der Waals surface area contributed by atoms with Gasteiger partial charge in [0.2, 0.25) is 0 Å². The molecule has 11 atom stereocenters. The summed E-state index contributed by atoms with van der Waals surface area (Å²) in [5, 5.41) is 25.3. The van der Waals surface area contributed by atoms with Gasteiger partial charge in [0.05, 0.1) is 12.2 Å². The topological polar surface area (TPSA) is 116 Å². The molecule has 0 radical (unpaired) electrons. The number of sulfonamides is 1. The van der Waals surface area contributed by atoms with Gasteiger partial charge < -0.3 is 15.5 Å². The van der Waals surface area contributed by atoms with Gasteiger partial charge in [-0.15, -0.1) is 11.3 Å². The maximum Gasteiger partial charge on any atom is 0.328 e. The number of aliphatic hydroxyl groups is 2. The Morgan fingerprint density at radius 3 is 2.41 bits per heavy atom. The standard InChI is InChI=1S/C35H50N2O5S2/c1-5-24-28-19-23(38)15-17-35(28,4)27-16-18-34(3)25(11-12-26(34)31(27)32(24)39)21(2)20-36-33(40)37-44(41,42)30-14-13-29(43-30)22-9-7-6-8-10-22/h6-10,13-14,21,23-28,31-32,38-39H,5,11-12,15-20H2,1-4H3,(H2,36,37,40)/t21-,23-,24-,25-,26+,27+,28?,31?,32-,34-,35?/m1/s1. The molecular formula is C35H50N2O5S2. The highest BCUT2D eigenvalue weighted by Crippen LogP contribution is 2.69. The second-order valence-corrected chi connectivity index (χ2v) is 17.9. The minimum Gasteiger partial charge on any atom is -0.393 e. The average Bonchev–Trinajstić information content (AvgIpc) is 3.63. The summed E-state index contributed by atoms with van der Waals surface area (Å²) in [5.41, 5.74) is 1.18. The van der Waals surface area contributed by atoms with E-state index < -0.39 is 16.1 Å². The van der Waals surface area contributed by atoms with Gasteiger partial charge in [-0.2, -0.15) is 0 Å². The molecule has 6 rings (SSSR count). The van der Waals surface area contributed by atoms with Crippen LogP contribution in [-0.4, -0.2) is 43.4 Å². The van der Waals surface area contributed by atoms with Crippen molar-refractivity contribution in [1.29, 1.82) is 0 Å². The Kier molecular flexibility index (Phi) is 8.74. The maximum atomic E-state index is 13.0. The van der Waals surface area contributed by atoms with Crippen LogP contribution in [0.5, 0.6) is 0 Å². The first-order valence-corrected chi connectivity index (χ1v) is 19.0. The van der Waals surface area contributed by atoms with E-state index in [1.54, 1.807) is 12.1 Å².